The summed E-state index contributed by atoms with van der Waals surface area (Å²) in [5.74, 6) is -1.10. The Hall–Kier alpha value is -3.84. The molecule has 2 aliphatic rings. The minimum absolute atomic E-state index is 0.0676. The molecule has 0 unspecified atom stereocenters. The number of aliphatic hydroxyl groups excluding tert-OH is 1. The Labute approximate surface area is 235 Å². The van der Waals surface area contributed by atoms with Crippen molar-refractivity contribution >= 4 is 46.6 Å². The number of rotatable bonds is 5. The number of imidazole rings is 1. The number of halogens is 3. The number of amides is 1. The Morgan fingerprint density at radius 2 is 1.98 bits per heavy atom. The van der Waals surface area contributed by atoms with Gasteiger partial charge in [0.25, 0.3) is 0 Å². The van der Waals surface area contributed by atoms with Crippen molar-refractivity contribution in [2.24, 2.45) is 0 Å². The number of nitrogens with one attached hydrogen (secondary N) is 1. The summed E-state index contributed by atoms with van der Waals surface area (Å²) in [5.41, 5.74) is 0.839. The first-order valence-corrected chi connectivity index (χ1v) is 13.0. The summed E-state index contributed by atoms with van der Waals surface area (Å²) >= 11 is 6.21. The van der Waals surface area contributed by atoms with E-state index in [1.54, 1.807) is 11.0 Å². The van der Waals surface area contributed by atoms with Gasteiger partial charge in [0, 0.05) is 28.8 Å². The van der Waals surface area contributed by atoms with Crippen molar-refractivity contribution in [2.45, 2.75) is 36.1 Å². The second kappa shape index (κ2) is 9.38. The average Bonchev–Trinajstić information content (AvgIpc) is 3.69. The number of carbonyl (C=O) groups is 1. The molecule has 16 heteroatoms. The van der Waals surface area contributed by atoms with Crippen LogP contribution in [0.4, 0.5) is 8.78 Å². The molecule has 1 saturated heterocycles. The van der Waals surface area contributed by atoms with Gasteiger partial charge < -0.3 is 15.0 Å². The van der Waals surface area contributed by atoms with Gasteiger partial charge in [0.1, 0.15) is 41.4 Å². The van der Waals surface area contributed by atoms with Gasteiger partial charge in [0.2, 0.25) is 5.91 Å². The van der Waals surface area contributed by atoms with Crippen LogP contribution in [0.2, 0.25) is 10.2 Å². The number of benzene rings is 1. The van der Waals surface area contributed by atoms with E-state index in [1.165, 1.54) is 41.6 Å². The molecule has 0 spiro atoms. The van der Waals surface area contributed by atoms with Crippen molar-refractivity contribution in [3.63, 3.8) is 0 Å². The van der Waals surface area contributed by atoms with Gasteiger partial charge in [-0.3, -0.25) is 9.78 Å². The van der Waals surface area contributed by atoms with E-state index in [4.69, 9.17) is 11.6 Å². The summed E-state index contributed by atoms with van der Waals surface area (Å²) in [6.45, 7) is -0.532. The lowest BCUT2D eigenvalue weighted by atomic mass is 9.35. The third-order valence-corrected chi connectivity index (χ3v) is 8.82. The number of aromatic nitrogens is 7. The zero-order valence-corrected chi connectivity index (χ0v) is 22.6. The highest BCUT2D eigenvalue weighted by atomic mass is 35.5. The van der Waals surface area contributed by atoms with Crippen LogP contribution in [0.5, 0.6) is 0 Å². The fraction of sp³-hybridized carbons (Fsp3) is 0.250. The number of pyridine rings is 1. The predicted octanol–water partition coefficient (Wildman–Crippen LogP) is 0.344. The van der Waals surface area contributed by atoms with Crippen molar-refractivity contribution < 1.29 is 18.7 Å². The summed E-state index contributed by atoms with van der Waals surface area (Å²) in [4.78, 5) is 27.2. The third kappa shape index (κ3) is 3.75. The molecule has 5 heterocycles. The zero-order valence-electron chi connectivity index (χ0n) is 21.9. The zero-order chi connectivity index (χ0) is 28.4. The maximum absolute atomic E-state index is 15.7. The smallest absolute Gasteiger partial charge is 0.247 e. The summed E-state index contributed by atoms with van der Waals surface area (Å²) < 4.78 is 31.9. The Morgan fingerprint density at radius 1 is 1.18 bits per heavy atom. The van der Waals surface area contributed by atoms with Crippen molar-refractivity contribution in [2.75, 3.05) is 0 Å². The number of tetrazole rings is 1. The van der Waals surface area contributed by atoms with Crippen molar-refractivity contribution in [1.82, 2.24) is 40.1 Å². The number of aliphatic hydroxyl groups is 1. The maximum Gasteiger partial charge on any atom is 0.247 e. The first-order valence-electron chi connectivity index (χ1n) is 12.6. The average molecular weight is 560 g/mol. The van der Waals surface area contributed by atoms with E-state index in [2.05, 4.69) is 30.5 Å². The van der Waals surface area contributed by atoms with Crippen LogP contribution < -0.4 is 0 Å². The number of H-pyrrole nitrogens is 1. The Bertz CT molecular complexity index is 1680. The highest BCUT2D eigenvalue weighted by Gasteiger charge is 2.58. The van der Waals surface area contributed by atoms with Gasteiger partial charge in [-0.1, -0.05) is 11.6 Å². The van der Waals surface area contributed by atoms with Gasteiger partial charge in [-0.25, -0.2) is 13.8 Å². The van der Waals surface area contributed by atoms with Crippen LogP contribution in [-0.4, -0.2) is 80.0 Å². The molecule has 0 radical (unpaired) electrons. The SMILES string of the molecule is BC1(B)C(c2c(-n3cnnn3)ccc(Cl)c2F)=CC(=O)N2[C@H](c3ncc(-c4ccnc(CO)c4F)[nH]3)CC[C@@]21B. The van der Waals surface area contributed by atoms with Crippen LogP contribution in [0.15, 0.2) is 43.0 Å². The molecule has 6 rings (SSSR count). The van der Waals surface area contributed by atoms with E-state index in [9.17, 15) is 14.3 Å². The number of hydrogen-bond acceptors (Lipinski definition) is 7. The second-order valence-corrected chi connectivity index (χ2v) is 11.1. The molecule has 1 fully saturated rings. The minimum atomic E-state index is -0.743. The topological polar surface area (TPSA) is 126 Å². The maximum atomic E-state index is 15.7. The van der Waals surface area contributed by atoms with Crippen LogP contribution in [0, 0.1) is 11.6 Å². The lowest BCUT2D eigenvalue weighted by Crippen LogP contribution is -2.59. The molecule has 200 valence electrons. The molecule has 10 nitrogen and oxygen atoms in total. The van der Waals surface area contributed by atoms with Crippen molar-refractivity contribution in [1.29, 1.82) is 0 Å². The molecule has 40 heavy (non-hydrogen) atoms. The lowest BCUT2D eigenvalue weighted by Gasteiger charge is -2.53. The van der Waals surface area contributed by atoms with Gasteiger partial charge in [-0.05, 0) is 52.3 Å². The van der Waals surface area contributed by atoms with Crippen LogP contribution in [0.3, 0.4) is 0 Å². The van der Waals surface area contributed by atoms with Crippen LogP contribution in [0.25, 0.3) is 22.5 Å². The Morgan fingerprint density at radius 3 is 2.70 bits per heavy atom. The van der Waals surface area contributed by atoms with E-state index in [0.717, 1.165) is 0 Å². The number of nitrogens with zero attached hydrogens (tertiary/aromatic N) is 7. The van der Waals surface area contributed by atoms with Gasteiger partial charge in [0.15, 0.2) is 11.6 Å². The van der Waals surface area contributed by atoms with E-state index in [0.29, 0.717) is 35.6 Å². The molecule has 1 amide bonds. The van der Waals surface area contributed by atoms with Gasteiger partial charge >= 0.3 is 0 Å². The highest BCUT2D eigenvalue weighted by Crippen LogP contribution is 2.59. The lowest BCUT2D eigenvalue weighted by molar-refractivity contribution is -0.131. The van der Waals surface area contributed by atoms with E-state index >= 15 is 4.39 Å². The molecule has 0 saturated carbocycles. The van der Waals surface area contributed by atoms with Crippen LogP contribution in [0.1, 0.15) is 36.0 Å². The van der Waals surface area contributed by atoms with E-state index in [-0.39, 0.29) is 27.8 Å². The predicted molar refractivity (Wildman–Crippen MR) is 150 cm³/mol. The number of aromatic amines is 1. The van der Waals surface area contributed by atoms with E-state index < -0.39 is 34.9 Å². The number of hydrogen-bond donors (Lipinski definition) is 2. The molecule has 4 aromatic rings. The second-order valence-electron chi connectivity index (χ2n) is 10.7. The van der Waals surface area contributed by atoms with Crippen LogP contribution >= 0.6 is 11.6 Å². The molecule has 3 aromatic heterocycles. The summed E-state index contributed by atoms with van der Waals surface area (Å²) in [7, 11) is 5.93. The van der Waals surface area contributed by atoms with Crippen molar-refractivity contribution in [3.8, 4) is 16.9 Å². The molecular formula is C24H22B3ClF2N8O2. The fourth-order valence-corrected chi connectivity index (χ4v) is 6.19. The van der Waals surface area contributed by atoms with Gasteiger partial charge in [-0.2, -0.15) is 4.68 Å². The first-order chi connectivity index (χ1) is 19.1. The molecule has 0 aliphatic carbocycles. The van der Waals surface area contributed by atoms with Gasteiger partial charge in [0.05, 0.1) is 35.2 Å². The summed E-state index contributed by atoms with van der Waals surface area (Å²) in [5, 5.41) is 19.8. The molecule has 1 aromatic carbocycles. The van der Waals surface area contributed by atoms with E-state index in [1.807, 2.05) is 23.5 Å². The molecule has 2 aliphatic heterocycles. The van der Waals surface area contributed by atoms with Crippen LogP contribution in [-0.2, 0) is 11.4 Å². The standard InChI is InChI=1S/C24H22B3ClF2N8O2/c25-23-5-3-17(22-32-8-14(34-22)11-4-6-31-15(9-39)20(11)29)38(23)18(40)7-12(24(23,26)27)19-16(37-10-33-35-36-37)2-1-13(28)21(19)30/h1-2,4,6-8,10,17,39H,3,5,9,25-27H2,(H,32,34)/t17-,23+/m0/s1. The number of fused-ring (bicyclic) bond motifs is 1. The molecule has 2 atom stereocenters. The highest BCUT2D eigenvalue weighted by molar-refractivity contribution is 6.52. The molecular weight excluding hydrogens is 538 g/mol. The van der Waals surface area contributed by atoms with Gasteiger partial charge in [-0.15, -0.1) is 5.10 Å². The molecule has 0 bridgehead atoms. The Balaban J connectivity index is 1.43. The summed E-state index contributed by atoms with van der Waals surface area (Å²) in [6, 6.07) is 4.12. The molecule has 2 N–H and O–H groups in total. The first kappa shape index (κ1) is 26.4. The fourth-order valence-electron chi connectivity index (χ4n) is 6.04. The number of carbonyl (C=O) groups excluding carboxylic acids is 1. The monoisotopic (exact) mass is 560 g/mol. The minimum Gasteiger partial charge on any atom is -0.390 e. The Kier molecular flexibility index (Phi) is 6.19. The largest absolute Gasteiger partial charge is 0.390 e. The third-order valence-electron chi connectivity index (χ3n) is 8.52. The normalized spacial score (nSPS) is 21.9. The summed E-state index contributed by atoms with van der Waals surface area (Å²) in [6.07, 6.45) is 6.91. The van der Waals surface area contributed by atoms with Crippen molar-refractivity contribution in [3.05, 3.63) is 76.7 Å². The quantitative estimate of drug-likeness (QED) is 0.338.